The Balaban J connectivity index is 1.99. The number of nitrogens with two attached hydrogens (primary N) is 1. The maximum Gasteiger partial charge on any atom is 0.124 e. The van der Waals surface area contributed by atoms with Crippen LogP contribution in [0.2, 0.25) is 0 Å². The summed E-state index contributed by atoms with van der Waals surface area (Å²) in [5.41, 5.74) is 9.41. The molecule has 20 heavy (non-hydrogen) atoms. The van der Waals surface area contributed by atoms with Gasteiger partial charge in [0.05, 0.1) is 0 Å². The maximum atomic E-state index is 5.98. The smallest absolute Gasteiger partial charge is 0.124 e. The van der Waals surface area contributed by atoms with Gasteiger partial charge in [0.15, 0.2) is 0 Å². The van der Waals surface area contributed by atoms with E-state index in [1.165, 1.54) is 11.1 Å². The normalized spacial score (nSPS) is 12.6. The monoisotopic (exact) mass is 267 g/mol. The van der Waals surface area contributed by atoms with Crippen molar-refractivity contribution in [2.24, 2.45) is 5.73 Å². The Labute approximate surface area is 120 Å². The molecule has 0 saturated carbocycles. The zero-order chi connectivity index (χ0) is 14.4. The SMILES string of the molecule is Cc1ccc(OC/C=C/c2ccccc2)c(C(C)N)c1. The molecule has 0 aliphatic carbocycles. The molecule has 2 aromatic rings. The first kappa shape index (κ1) is 14.4. The van der Waals surface area contributed by atoms with Crippen molar-refractivity contribution in [1.82, 2.24) is 0 Å². The first-order valence-corrected chi connectivity index (χ1v) is 6.87. The predicted octanol–water partition coefficient (Wildman–Crippen LogP) is 4.11. The number of hydrogen-bond acceptors (Lipinski definition) is 2. The Bertz CT molecular complexity index is 573. The van der Waals surface area contributed by atoms with Crippen molar-refractivity contribution in [3.8, 4) is 5.75 Å². The highest BCUT2D eigenvalue weighted by atomic mass is 16.5. The van der Waals surface area contributed by atoms with Crippen LogP contribution >= 0.6 is 0 Å². The van der Waals surface area contributed by atoms with Crippen LogP contribution in [0.1, 0.15) is 29.7 Å². The Morgan fingerprint density at radius 1 is 1.15 bits per heavy atom. The van der Waals surface area contributed by atoms with Crippen molar-refractivity contribution < 1.29 is 4.74 Å². The number of aryl methyl sites for hydroxylation is 1. The molecule has 104 valence electrons. The van der Waals surface area contributed by atoms with Gasteiger partial charge < -0.3 is 10.5 Å². The summed E-state index contributed by atoms with van der Waals surface area (Å²) in [5.74, 6) is 0.864. The third kappa shape index (κ3) is 3.97. The summed E-state index contributed by atoms with van der Waals surface area (Å²) in [6.07, 6.45) is 4.07. The number of rotatable bonds is 5. The van der Waals surface area contributed by atoms with Crippen LogP contribution in [0.25, 0.3) is 6.08 Å². The minimum Gasteiger partial charge on any atom is -0.489 e. The molecule has 0 aliphatic rings. The lowest BCUT2D eigenvalue weighted by molar-refractivity contribution is 0.357. The lowest BCUT2D eigenvalue weighted by atomic mass is 10.1. The lowest BCUT2D eigenvalue weighted by Crippen LogP contribution is -2.08. The van der Waals surface area contributed by atoms with E-state index in [-0.39, 0.29) is 6.04 Å². The van der Waals surface area contributed by atoms with Gasteiger partial charge in [-0.25, -0.2) is 0 Å². The van der Waals surface area contributed by atoms with E-state index in [0.717, 1.165) is 11.3 Å². The van der Waals surface area contributed by atoms with Crippen LogP contribution in [-0.4, -0.2) is 6.61 Å². The van der Waals surface area contributed by atoms with E-state index in [1.54, 1.807) is 0 Å². The Hall–Kier alpha value is -2.06. The molecule has 0 radical (unpaired) electrons. The standard InChI is InChI=1S/C18H21NO/c1-14-10-11-18(17(13-14)15(2)19)20-12-6-9-16-7-4-3-5-8-16/h3-11,13,15H,12,19H2,1-2H3/b9-6+. The van der Waals surface area contributed by atoms with Gasteiger partial charge in [-0.15, -0.1) is 0 Å². The van der Waals surface area contributed by atoms with Crippen molar-refractivity contribution in [1.29, 1.82) is 0 Å². The predicted molar refractivity (Wildman–Crippen MR) is 84.8 cm³/mol. The second-order valence-electron chi connectivity index (χ2n) is 4.95. The van der Waals surface area contributed by atoms with E-state index in [2.05, 4.69) is 31.2 Å². The quantitative estimate of drug-likeness (QED) is 0.885. The van der Waals surface area contributed by atoms with Crippen molar-refractivity contribution in [3.63, 3.8) is 0 Å². The average Bonchev–Trinajstić information content (AvgIpc) is 2.45. The molecule has 1 unspecified atom stereocenters. The van der Waals surface area contributed by atoms with E-state index in [4.69, 9.17) is 10.5 Å². The van der Waals surface area contributed by atoms with Crippen LogP contribution in [0.4, 0.5) is 0 Å². The van der Waals surface area contributed by atoms with E-state index in [0.29, 0.717) is 6.61 Å². The first-order chi connectivity index (χ1) is 9.66. The third-order valence-corrected chi connectivity index (χ3v) is 3.10. The van der Waals surface area contributed by atoms with Crippen molar-refractivity contribution in [2.75, 3.05) is 6.61 Å². The van der Waals surface area contributed by atoms with Crippen LogP contribution < -0.4 is 10.5 Å². The molecule has 0 bridgehead atoms. The number of benzene rings is 2. The molecule has 0 aliphatic heterocycles. The zero-order valence-corrected chi connectivity index (χ0v) is 12.0. The molecular formula is C18H21NO. The van der Waals surface area contributed by atoms with Crippen LogP contribution in [0.15, 0.2) is 54.6 Å². The molecule has 0 heterocycles. The van der Waals surface area contributed by atoms with E-state index >= 15 is 0 Å². The maximum absolute atomic E-state index is 5.98. The van der Waals surface area contributed by atoms with E-state index < -0.39 is 0 Å². The Morgan fingerprint density at radius 3 is 2.60 bits per heavy atom. The average molecular weight is 267 g/mol. The summed E-state index contributed by atoms with van der Waals surface area (Å²) in [6.45, 7) is 4.57. The molecule has 2 nitrogen and oxygen atoms in total. The fraction of sp³-hybridized carbons (Fsp3) is 0.222. The van der Waals surface area contributed by atoms with Gasteiger partial charge in [-0.3, -0.25) is 0 Å². The summed E-state index contributed by atoms with van der Waals surface area (Å²) in [6, 6.07) is 16.3. The summed E-state index contributed by atoms with van der Waals surface area (Å²) < 4.78 is 5.81. The second-order valence-corrected chi connectivity index (χ2v) is 4.95. The highest BCUT2D eigenvalue weighted by molar-refractivity contribution is 5.48. The zero-order valence-electron chi connectivity index (χ0n) is 12.0. The van der Waals surface area contributed by atoms with Crippen molar-refractivity contribution in [3.05, 3.63) is 71.3 Å². The fourth-order valence-corrected chi connectivity index (χ4v) is 2.04. The van der Waals surface area contributed by atoms with E-state index in [9.17, 15) is 0 Å². The minimum atomic E-state index is -0.0250. The summed E-state index contributed by atoms with van der Waals surface area (Å²) in [4.78, 5) is 0. The fourth-order valence-electron chi connectivity index (χ4n) is 2.04. The number of ether oxygens (including phenoxy) is 1. The van der Waals surface area contributed by atoms with Gasteiger partial charge in [0, 0.05) is 11.6 Å². The second kappa shape index (κ2) is 6.92. The van der Waals surface area contributed by atoms with Crippen LogP contribution in [0.5, 0.6) is 5.75 Å². The van der Waals surface area contributed by atoms with Gasteiger partial charge in [-0.2, -0.15) is 0 Å². The molecule has 2 aromatic carbocycles. The molecule has 0 amide bonds. The molecule has 0 spiro atoms. The lowest BCUT2D eigenvalue weighted by Gasteiger charge is -2.13. The molecule has 2 heteroatoms. The molecule has 2 rings (SSSR count). The van der Waals surface area contributed by atoms with Gasteiger partial charge in [0.2, 0.25) is 0 Å². The highest BCUT2D eigenvalue weighted by Crippen LogP contribution is 2.25. The van der Waals surface area contributed by atoms with Gasteiger partial charge in [0.1, 0.15) is 12.4 Å². The minimum absolute atomic E-state index is 0.0250. The molecule has 2 N–H and O–H groups in total. The molecule has 0 aromatic heterocycles. The molecular weight excluding hydrogens is 246 g/mol. The Kier molecular flexibility index (Phi) is 4.97. The van der Waals surface area contributed by atoms with Crippen molar-refractivity contribution >= 4 is 6.08 Å². The van der Waals surface area contributed by atoms with Crippen LogP contribution in [0.3, 0.4) is 0 Å². The van der Waals surface area contributed by atoms with Gasteiger partial charge in [0.25, 0.3) is 0 Å². The summed E-state index contributed by atoms with van der Waals surface area (Å²) in [7, 11) is 0. The summed E-state index contributed by atoms with van der Waals surface area (Å²) in [5, 5.41) is 0. The van der Waals surface area contributed by atoms with Crippen molar-refractivity contribution in [2.45, 2.75) is 19.9 Å². The van der Waals surface area contributed by atoms with Gasteiger partial charge in [-0.05, 0) is 31.6 Å². The summed E-state index contributed by atoms with van der Waals surface area (Å²) >= 11 is 0. The largest absolute Gasteiger partial charge is 0.489 e. The Morgan fingerprint density at radius 2 is 1.90 bits per heavy atom. The first-order valence-electron chi connectivity index (χ1n) is 6.87. The number of hydrogen-bond donors (Lipinski definition) is 1. The molecule has 0 saturated heterocycles. The third-order valence-electron chi connectivity index (χ3n) is 3.10. The van der Waals surface area contributed by atoms with E-state index in [1.807, 2.05) is 43.3 Å². The molecule has 0 fully saturated rings. The van der Waals surface area contributed by atoms with Crippen LogP contribution in [-0.2, 0) is 0 Å². The van der Waals surface area contributed by atoms with Gasteiger partial charge in [-0.1, -0.05) is 54.1 Å². The van der Waals surface area contributed by atoms with Crippen LogP contribution in [0, 0.1) is 6.92 Å². The molecule has 1 atom stereocenters. The highest BCUT2D eigenvalue weighted by Gasteiger charge is 2.07. The van der Waals surface area contributed by atoms with Gasteiger partial charge >= 0.3 is 0 Å². The topological polar surface area (TPSA) is 35.2 Å².